The van der Waals surface area contributed by atoms with E-state index >= 15 is 0 Å². The maximum atomic E-state index is 14.1. The molecule has 0 spiro atoms. The summed E-state index contributed by atoms with van der Waals surface area (Å²) in [5.41, 5.74) is 8.01. The van der Waals surface area contributed by atoms with Crippen LogP contribution < -0.4 is 5.73 Å². The Kier molecular flexibility index (Phi) is 3.01. The average molecular weight is 291 g/mol. The highest BCUT2D eigenvalue weighted by atomic mass is 19.1. The highest BCUT2D eigenvalue weighted by Gasteiger charge is 2.54. The van der Waals surface area contributed by atoms with Gasteiger partial charge in [-0.25, -0.2) is 4.39 Å². The molecule has 0 bridgehead atoms. The van der Waals surface area contributed by atoms with Crippen molar-refractivity contribution in [3.05, 3.63) is 23.2 Å². The Morgan fingerprint density at radius 3 is 2.86 bits per heavy atom. The van der Waals surface area contributed by atoms with Crippen LogP contribution in [0.5, 0.6) is 0 Å². The molecule has 4 aliphatic carbocycles. The summed E-state index contributed by atoms with van der Waals surface area (Å²) in [6.07, 6.45) is 8.96. The molecule has 116 valence electrons. The number of hydrogen-bond acceptors (Lipinski definition) is 2. The first-order valence-electron chi connectivity index (χ1n) is 8.52. The molecular formula is C18H26FNO. The molecule has 2 saturated carbocycles. The summed E-state index contributed by atoms with van der Waals surface area (Å²) < 4.78 is 14.1. The molecule has 4 aliphatic rings. The van der Waals surface area contributed by atoms with Gasteiger partial charge in [0.2, 0.25) is 0 Å². The number of aliphatic hydroxyl groups excluding tert-OH is 1. The molecule has 0 unspecified atom stereocenters. The highest BCUT2D eigenvalue weighted by Crippen LogP contribution is 2.62. The van der Waals surface area contributed by atoms with E-state index in [2.05, 4.69) is 13.0 Å². The molecule has 0 aromatic carbocycles. The second-order valence-corrected chi connectivity index (χ2v) is 7.97. The normalized spacial score (nSPS) is 49.3. The van der Waals surface area contributed by atoms with Gasteiger partial charge in [0.25, 0.3) is 0 Å². The molecule has 0 amide bonds. The van der Waals surface area contributed by atoms with Crippen LogP contribution in [0.4, 0.5) is 4.39 Å². The lowest BCUT2D eigenvalue weighted by Gasteiger charge is -2.52. The number of hydrogen-bond donors (Lipinski definition) is 2. The molecule has 2 fully saturated rings. The number of allylic oxidation sites excluding steroid dienone is 3. The Hall–Kier alpha value is -0.830. The predicted octanol–water partition coefficient (Wildman–Crippen LogP) is 3.67. The minimum atomic E-state index is -0.140. The zero-order valence-corrected chi connectivity index (χ0v) is 12.8. The van der Waals surface area contributed by atoms with Gasteiger partial charge in [0.15, 0.2) is 0 Å². The molecule has 3 heteroatoms. The van der Waals surface area contributed by atoms with Crippen LogP contribution in [0.25, 0.3) is 0 Å². The quantitative estimate of drug-likeness (QED) is 0.669. The molecule has 0 saturated heterocycles. The fourth-order valence-corrected chi connectivity index (χ4v) is 5.89. The van der Waals surface area contributed by atoms with Crippen molar-refractivity contribution in [1.82, 2.24) is 0 Å². The van der Waals surface area contributed by atoms with Crippen LogP contribution in [0, 0.1) is 29.1 Å². The van der Waals surface area contributed by atoms with Gasteiger partial charge in [0, 0.05) is 17.5 Å². The van der Waals surface area contributed by atoms with E-state index in [-0.39, 0.29) is 17.3 Å². The predicted molar refractivity (Wildman–Crippen MR) is 80.8 cm³/mol. The topological polar surface area (TPSA) is 46.2 Å². The van der Waals surface area contributed by atoms with E-state index in [4.69, 9.17) is 5.73 Å². The molecule has 0 heterocycles. The van der Waals surface area contributed by atoms with Gasteiger partial charge in [-0.15, -0.1) is 0 Å². The van der Waals surface area contributed by atoms with Gasteiger partial charge < -0.3 is 10.8 Å². The van der Waals surface area contributed by atoms with Crippen LogP contribution in [0.1, 0.15) is 51.9 Å². The first kappa shape index (κ1) is 13.8. The standard InChI is InChI=1S/C18H26FNO/c1-18-7-6-13-12-5-3-11(21)8-10(12)2-4-14(13)15(18)9-16(19)17(18)20/h2,11-15,21H,3-9,20H2,1H3/t11-,12+,13-,14-,15+,18+/m1/s1. The molecular weight excluding hydrogens is 265 g/mol. The molecule has 0 aromatic rings. The summed E-state index contributed by atoms with van der Waals surface area (Å²) in [5.74, 6) is 2.26. The van der Waals surface area contributed by atoms with Gasteiger partial charge in [-0.3, -0.25) is 0 Å². The third kappa shape index (κ3) is 1.86. The summed E-state index contributed by atoms with van der Waals surface area (Å²) in [7, 11) is 0. The monoisotopic (exact) mass is 291 g/mol. The molecule has 0 aliphatic heterocycles. The van der Waals surface area contributed by atoms with Crippen molar-refractivity contribution in [2.24, 2.45) is 34.8 Å². The molecule has 4 rings (SSSR count). The number of aliphatic hydroxyl groups is 1. The number of halogens is 1. The summed E-state index contributed by atoms with van der Waals surface area (Å²) in [6.45, 7) is 2.18. The maximum absolute atomic E-state index is 14.1. The van der Waals surface area contributed by atoms with Crippen molar-refractivity contribution >= 4 is 0 Å². The Labute approximate surface area is 126 Å². The lowest BCUT2D eigenvalue weighted by molar-refractivity contribution is 0.00944. The van der Waals surface area contributed by atoms with E-state index in [1.54, 1.807) is 0 Å². The first-order valence-corrected chi connectivity index (χ1v) is 8.52. The number of nitrogens with two attached hydrogens (primary N) is 1. The summed E-state index contributed by atoms with van der Waals surface area (Å²) in [5, 5.41) is 9.89. The number of fused-ring (bicyclic) bond motifs is 5. The van der Waals surface area contributed by atoms with E-state index in [0.29, 0.717) is 35.8 Å². The second kappa shape index (κ2) is 4.58. The van der Waals surface area contributed by atoms with E-state index in [0.717, 1.165) is 32.1 Å². The molecule has 6 atom stereocenters. The van der Waals surface area contributed by atoms with Crippen molar-refractivity contribution in [2.45, 2.75) is 58.0 Å². The molecule has 2 nitrogen and oxygen atoms in total. The maximum Gasteiger partial charge on any atom is 0.119 e. The van der Waals surface area contributed by atoms with Gasteiger partial charge in [0.05, 0.1) is 6.10 Å². The lowest BCUT2D eigenvalue weighted by Crippen LogP contribution is -2.46. The third-order valence-corrected chi connectivity index (χ3v) is 7.12. The van der Waals surface area contributed by atoms with Crippen molar-refractivity contribution in [1.29, 1.82) is 0 Å². The van der Waals surface area contributed by atoms with Gasteiger partial charge in [0.1, 0.15) is 5.83 Å². The number of rotatable bonds is 0. The average Bonchev–Trinajstić information content (AvgIpc) is 2.70. The van der Waals surface area contributed by atoms with Gasteiger partial charge in [-0.1, -0.05) is 18.6 Å². The van der Waals surface area contributed by atoms with Crippen molar-refractivity contribution in [3.63, 3.8) is 0 Å². The van der Waals surface area contributed by atoms with Crippen LogP contribution in [-0.4, -0.2) is 11.2 Å². The Morgan fingerprint density at radius 1 is 1.24 bits per heavy atom. The summed E-state index contributed by atoms with van der Waals surface area (Å²) in [4.78, 5) is 0. The lowest BCUT2D eigenvalue weighted by atomic mass is 9.52. The van der Waals surface area contributed by atoms with Crippen LogP contribution >= 0.6 is 0 Å². The van der Waals surface area contributed by atoms with Crippen LogP contribution in [0.2, 0.25) is 0 Å². The fourth-order valence-electron chi connectivity index (χ4n) is 5.89. The molecule has 0 radical (unpaired) electrons. The second-order valence-electron chi connectivity index (χ2n) is 7.97. The molecule has 3 N–H and O–H groups in total. The van der Waals surface area contributed by atoms with E-state index in [1.807, 2.05) is 0 Å². The van der Waals surface area contributed by atoms with Crippen LogP contribution in [0.15, 0.2) is 23.2 Å². The Bertz CT molecular complexity index is 525. The minimum absolute atomic E-state index is 0.0445. The zero-order chi connectivity index (χ0) is 14.8. The molecule has 0 aromatic heterocycles. The van der Waals surface area contributed by atoms with E-state index in [9.17, 15) is 9.50 Å². The van der Waals surface area contributed by atoms with Crippen molar-refractivity contribution in [3.8, 4) is 0 Å². The fraction of sp³-hybridized carbons (Fsp3) is 0.778. The largest absolute Gasteiger partial charge is 0.400 e. The summed E-state index contributed by atoms with van der Waals surface area (Å²) in [6, 6.07) is 0. The Morgan fingerprint density at radius 2 is 2.05 bits per heavy atom. The highest BCUT2D eigenvalue weighted by molar-refractivity contribution is 5.28. The Balaban J connectivity index is 1.64. The van der Waals surface area contributed by atoms with Crippen molar-refractivity contribution in [2.75, 3.05) is 0 Å². The smallest absolute Gasteiger partial charge is 0.119 e. The van der Waals surface area contributed by atoms with Gasteiger partial charge in [-0.2, -0.15) is 0 Å². The van der Waals surface area contributed by atoms with Crippen LogP contribution in [-0.2, 0) is 0 Å². The van der Waals surface area contributed by atoms with E-state index < -0.39 is 0 Å². The summed E-state index contributed by atoms with van der Waals surface area (Å²) >= 11 is 0. The SMILES string of the molecule is C[C@]12CC[C@H]3[C@@H](CC=C4C[C@H](O)CC[C@@H]43)[C@@H]1CC(F)=C2N. The minimum Gasteiger partial charge on any atom is -0.400 e. The van der Waals surface area contributed by atoms with Crippen molar-refractivity contribution < 1.29 is 9.50 Å². The third-order valence-electron chi connectivity index (χ3n) is 7.12. The van der Waals surface area contributed by atoms with Gasteiger partial charge in [-0.05, 0) is 62.2 Å². The zero-order valence-electron chi connectivity index (χ0n) is 12.8. The molecule has 21 heavy (non-hydrogen) atoms. The first-order chi connectivity index (χ1) is 10.0. The van der Waals surface area contributed by atoms with Gasteiger partial charge >= 0.3 is 0 Å². The van der Waals surface area contributed by atoms with E-state index in [1.165, 1.54) is 12.0 Å². The van der Waals surface area contributed by atoms with Crippen LogP contribution in [0.3, 0.4) is 0 Å².